The van der Waals surface area contributed by atoms with Crippen molar-refractivity contribution in [1.29, 1.82) is 0 Å². The molecule has 1 aromatic rings. The maximum Gasteiger partial charge on any atom is 0.269 e. The van der Waals surface area contributed by atoms with Gasteiger partial charge in [0.15, 0.2) is 0 Å². The first-order chi connectivity index (χ1) is 14.6. The van der Waals surface area contributed by atoms with Gasteiger partial charge in [-0.2, -0.15) is 0 Å². The summed E-state index contributed by atoms with van der Waals surface area (Å²) in [6.45, 7) is 5.91. The molecule has 0 aliphatic carbocycles. The normalized spacial score (nSPS) is 33.9. The molecule has 4 aliphatic rings. The van der Waals surface area contributed by atoms with Crippen LogP contribution < -0.4 is 5.32 Å². The maximum atomic E-state index is 13.1. The minimum atomic E-state index is -0.243. The number of piperidine rings is 3. The van der Waals surface area contributed by atoms with E-state index in [2.05, 4.69) is 25.1 Å². The molecule has 8 heteroatoms. The maximum absolute atomic E-state index is 13.1. The third-order valence-corrected chi connectivity index (χ3v) is 7.56. The zero-order valence-corrected chi connectivity index (χ0v) is 17.8. The second kappa shape index (κ2) is 8.30. The van der Waals surface area contributed by atoms with Gasteiger partial charge in [-0.15, -0.1) is 0 Å². The van der Waals surface area contributed by atoms with Crippen LogP contribution in [-0.2, 0) is 9.53 Å². The van der Waals surface area contributed by atoms with Crippen LogP contribution in [0.5, 0.6) is 0 Å². The molecular weight excluding hydrogens is 382 g/mol. The lowest BCUT2D eigenvalue weighted by Crippen LogP contribution is -2.66. The Morgan fingerprint density at radius 2 is 2.10 bits per heavy atom. The number of rotatable bonds is 4. The zero-order chi connectivity index (χ0) is 20.7. The topological polar surface area (TPSA) is 90.6 Å². The number of carbonyl (C=O) groups excluding carboxylic acids is 2. The minimum Gasteiger partial charge on any atom is -0.368 e. The van der Waals surface area contributed by atoms with Crippen molar-refractivity contribution in [2.75, 3.05) is 32.8 Å². The second-order valence-corrected chi connectivity index (χ2v) is 9.46. The molecule has 2 bridgehead atoms. The number of aromatic nitrogens is 2. The van der Waals surface area contributed by atoms with E-state index in [0.717, 1.165) is 44.7 Å². The third kappa shape index (κ3) is 3.75. The molecule has 0 radical (unpaired) electrons. The van der Waals surface area contributed by atoms with E-state index in [1.807, 2.05) is 6.92 Å². The number of hydrogen-bond donors (Lipinski definition) is 2. The third-order valence-electron chi connectivity index (χ3n) is 7.56. The van der Waals surface area contributed by atoms with Crippen LogP contribution in [0, 0.1) is 18.8 Å². The lowest BCUT2D eigenvalue weighted by Gasteiger charge is -2.57. The van der Waals surface area contributed by atoms with Gasteiger partial charge in [0.2, 0.25) is 0 Å². The van der Waals surface area contributed by atoms with Crippen molar-refractivity contribution in [1.82, 2.24) is 25.1 Å². The summed E-state index contributed by atoms with van der Waals surface area (Å²) in [6.07, 6.45) is 8.01. The van der Waals surface area contributed by atoms with Crippen LogP contribution in [0.1, 0.15) is 54.8 Å². The highest BCUT2D eigenvalue weighted by molar-refractivity contribution is 5.92. The van der Waals surface area contributed by atoms with Crippen LogP contribution >= 0.6 is 0 Å². The number of imidazole rings is 1. The second-order valence-electron chi connectivity index (χ2n) is 9.46. The van der Waals surface area contributed by atoms with Crippen molar-refractivity contribution in [2.45, 2.75) is 63.6 Å². The monoisotopic (exact) mass is 415 g/mol. The van der Waals surface area contributed by atoms with E-state index in [1.54, 1.807) is 6.20 Å². The molecule has 0 spiro atoms. The van der Waals surface area contributed by atoms with E-state index in [4.69, 9.17) is 4.74 Å². The number of H-pyrrole nitrogens is 1. The lowest BCUT2D eigenvalue weighted by atomic mass is 9.72. The van der Waals surface area contributed by atoms with Gasteiger partial charge in [0.05, 0.1) is 6.20 Å². The molecule has 8 nitrogen and oxygen atoms in total. The summed E-state index contributed by atoms with van der Waals surface area (Å²) in [6, 6.07) is 0.797. The van der Waals surface area contributed by atoms with Crippen molar-refractivity contribution in [3.8, 4) is 0 Å². The van der Waals surface area contributed by atoms with Crippen LogP contribution in [0.15, 0.2) is 6.20 Å². The van der Waals surface area contributed by atoms with Gasteiger partial charge < -0.3 is 19.9 Å². The Morgan fingerprint density at radius 1 is 1.23 bits per heavy atom. The SMILES string of the molecule is Cc1ncc(C(=O)NC[C@H]2[C@H]3C[C@H](CN(C(=O)[C@@H]4CCCO4)C3)[C@@H]3CCCCN32)[nH]1. The van der Waals surface area contributed by atoms with Crippen LogP contribution in [0.25, 0.3) is 0 Å². The van der Waals surface area contributed by atoms with Crippen molar-refractivity contribution < 1.29 is 14.3 Å². The van der Waals surface area contributed by atoms with Crippen molar-refractivity contribution in [2.24, 2.45) is 11.8 Å². The zero-order valence-electron chi connectivity index (χ0n) is 17.8. The predicted octanol–water partition coefficient (Wildman–Crippen LogP) is 1.33. The van der Waals surface area contributed by atoms with Crippen LogP contribution in [0.4, 0.5) is 0 Å². The Labute approximate surface area is 177 Å². The Bertz CT molecular complexity index is 789. The molecule has 5 heterocycles. The highest BCUT2D eigenvalue weighted by Gasteiger charge is 2.48. The molecule has 164 valence electrons. The van der Waals surface area contributed by atoms with E-state index in [-0.39, 0.29) is 24.0 Å². The molecule has 2 amide bonds. The summed E-state index contributed by atoms with van der Waals surface area (Å²) in [5.74, 6) is 1.76. The first-order valence-electron chi connectivity index (χ1n) is 11.6. The number of carbonyl (C=O) groups is 2. The lowest BCUT2D eigenvalue weighted by molar-refractivity contribution is -0.150. The molecule has 30 heavy (non-hydrogen) atoms. The molecule has 0 aromatic carbocycles. The van der Waals surface area contributed by atoms with Crippen LogP contribution in [0.3, 0.4) is 0 Å². The number of hydrogen-bond acceptors (Lipinski definition) is 5. The molecule has 0 unspecified atom stereocenters. The van der Waals surface area contributed by atoms with Gasteiger partial charge in [-0.25, -0.2) is 4.98 Å². The Morgan fingerprint density at radius 3 is 2.87 bits per heavy atom. The van der Waals surface area contributed by atoms with Gasteiger partial charge in [-0.3, -0.25) is 14.5 Å². The standard InChI is InChI=1S/C22H33N5O3/c1-14-23-10-17(25-14)21(28)24-11-19-16-9-15(18-5-2-3-7-27(18)19)12-26(13-16)22(29)20-6-4-8-30-20/h10,15-16,18-20H,2-9,11-13H2,1H3,(H,23,25)(H,24,28)/t15-,16+,18+,19+,20+/m1/s1. The first-order valence-corrected chi connectivity index (χ1v) is 11.6. The summed E-state index contributed by atoms with van der Waals surface area (Å²) < 4.78 is 5.69. The number of fused-ring (bicyclic) bond motifs is 4. The minimum absolute atomic E-state index is 0.102. The number of aryl methyl sites for hydroxylation is 1. The molecule has 5 atom stereocenters. The molecule has 4 aliphatic heterocycles. The summed E-state index contributed by atoms with van der Waals surface area (Å²) in [5.41, 5.74) is 0.509. The van der Waals surface area contributed by atoms with Gasteiger partial charge in [-0.1, -0.05) is 6.42 Å². The molecular formula is C22H33N5O3. The highest BCUT2D eigenvalue weighted by Crippen LogP contribution is 2.41. The van der Waals surface area contributed by atoms with Crippen molar-refractivity contribution >= 4 is 11.8 Å². The fourth-order valence-corrected chi connectivity index (χ4v) is 6.17. The molecule has 1 aromatic heterocycles. The van der Waals surface area contributed by atoms with Crippen LogP contribution in [-0.4, -0.2) is 82.6 Å². The number of ether oxygens (including phenoxy) is 1. The highest BCUT2D eigenvalue weighted by atomic mass is 16.5. The van der Waals surface area contributed by atoms with Gasteiger partial charge in [0.25, 0.3) is 11.8 Å². The summed E-state index contributed by atoms with van der Waals surface area (Å²) in [7, 11) is 0. The number of likely N-dealkylation sites (tertiary alicyclic amines) is 1. The molecule has 2 N–H and O–H groups in total. The van der Waals surface area contributed by atoms with Gasteiger partial charge in [0.1, 0.15) is 17.6 Å². The number of amides is 2. The van der Waals surface area contributed by atoms with E-state index < -0.39 is 0 Å². The molecule has 4 saturated heterocycles. The predicted molar refractivity (Wildman–Crippen MR) is 111 cm³/mol. The summed E-state index contributed by atoms with van der Waals surface area (Å²) >= 11 is 0. The molecule has 5 rings (SSSR count). The van der Waals surface area contributed by atoms with Crippen molar-refractivity contribution in [3.05, 3.63) is 17.7 Å². The Kier molecular flexibility index (Phi) is 5.54. The number of aromatic amines is 1. The Balaban J connectivity index is 1.30. The molecule has 4 fully saturated rings. The van der Waals surface area contributed by atoms with E-state index in [1.165, 1.54) is 19.3 Å². The average Bonchev–Trinajstić information content (AvgIpc) is 3.45. The largest absolute Gasteiger partial charge is 0.368 e. The quantitative estimate of drug-likeness (QED) is 0.774. The first kappa shape index (κ1) is 20.0. The number of nitrogens with one attached hydrogen (secondary N) is 2. The van der Waals surface area contributed by atoms with Crippen LogP contribution in [0.2, 0.25) is 0 Å². The van der Waals surface area contributed by atoms with Gasteiger partial charge in [-0.05, 0) is 57.4 Å². The number of nitrogens with zero attached hydrogens (tertiary/aromatic N) is 3. The summed E-state index contributed by atoms with van der Waals surface area (Å²) in [5, 5.41) is 3.14. The summed E-state index contributed by atoms with van der Waals surface area (Å²) in [4.78, 5) is 37.5. The smallest absolute Gasteiger partial charge is 0.269 e. The van der Waals surface area contributed by atoms with E-state index in [0.29, 0.717) is 36.7 Å². The Hall–Kier alpha value is -1.93. The van der Waals surface area contributed by atoms with Gasteiger partial charge in [0, 0.05) is 38.3 Å². The van der Waals surface area contributed by atoms with E-state index >= 15 is 0 Å². The molecule has 0 saturated carbocycles. The van der Waals surface area contributed by atoms with E-state index in [9.17, 15) is 9.59 Å². The fraction of sp³-hybridized carbons (Fsp3) is 0.773. The van der Waals surface area contributed by atoms with Crippen molar-refractivity contribution in [3.63, 3.8) is 0 Å². The fourth-order valence-electron chi connectivity index (χ4n) is 6.17. The van der Waals surface area contributed by atoms with Gasteiger partial charge >= 0.3 is 0 Å². The average molecular weight is 416 g/mol.